The Morgan fingerprint density at radius 3 is 1.55 bits per heavy atom. The van der Waals surface area contributed by atoms with Gasteiger partial charge in [-0.05, 0) is 57.6 Å². The van der Waals surface area contributed by atoms with Crippen LogP contribution in [0.5, 0.6) is 0 Å². The topological polar surface area (TPSA) is 51.8 Å². The number of hydrogen-bond donors (Lipinski definition) is 0. The van der Waals surface area contributed by atoms with Gasteiger partial charge in [0.1, 0.15) is 11.2 Å². The van der Waals surface area contributed by atoms with Crippen LogP contribution in [0.3, 0.4) is 0 Å². The highest BCUT2D eigenvalue weighted by molar-refractivity contribution is 6.05. The largest absolute Gasteiger partial charge is 0.456 e. The van der Waals surface area contributed by atoms with E-state index in [-0.39, 0.29) is 39.4 Å². The molecule has 0 atom stereocenters. The Bertz CT molecular complexity index is 3410. The molecule has 0 fully saturated rings. The van der Waals surface area contributed by atoms with Crippen LogP contribution in [-0.2, 0) is 0 Å². The van der Waals surface area contributed by atoms with Crippen molar-refractivity contribution < 1.29 is 25.0 Å². The Morgan fingerprint density at radius 1 is 0.347 bits per heavy atom. The molecule has 0 radical (unpaired) electrons. The van der Waals surface area contributed by atoms with Crippen LogP contribution < -0.4 is 0 Å². The fourth-order valence-electron chi connectivity index (χ4n) is 5.34. The van der Waals surface area contributed by atoms with E-state index in [9.17, 15) is 6.85 Å². The van der Waals surface area contributed by atoms with Crippen molar-refractivity contribution in [3.8, 4) is 67.5 Å². The number of furan rings is 1. The molecular formula is C45H29N3O. The van der Waals surface area contributed by atoms with Gasteiger partial charge in [-0.1, -0.05) is 151 Å². The van der Waals surface area contributed by atoms with E-state index >= 15 is 0 Å². The van der Waals surface area contributed by atoms with Gasteiger partial charge >= 0.3 is 0 Å². The number of hydrogen-bond acceptors (Lipinski definition) is 4. The predicted octanol–water partition coefficient (Wildman–Crippen LogP) is 11.8. The molecule has 0 bridgehead atoms. The Morgan fingerprint density at radius 2 is 0.837 bits per heavy atom. The molecule has 0 saturated heterocycles. The first-order valence-electron chi connectivity index (χ1n) is 22.6. The van der Waals surface area contributed by atoms with E-state index < -0.39 is 118 Å². The van der Waals surface area contributed by atoms with Gasteiger partial charge in [0, 0.05) is 27.5 Å². The molecule has 0 spiro atoms. The summed E-state index contributed by atoms with van der Waals surface area (Å²) >= 11 is 0. The molecule has 230 valence electrons. The first-order valence-corrected chi connectivity index (χ1v) is 15.1. The SMILES string of the molecule is [2H]c1c([2H])c(-c2c([2H])c([2H])c(-c3nc(-c4ccccc4)nc(-c4ccc(-c5ccccc5)cc4)n3)c([2H])c2[2H])c([2H])c(-c2c([2H])c([2H])c3c(oc4c([2H])c([2H])c([2H])c([2H])c43)c2[2H])c1[2H]. The monoisotopic (exact) mass is 642 g/mol. The van der Waals surface area contributed by atoms with Gasteiger partial charge < -0.3 is 4.42 Å². The smallest absolute Gasteiger partial charge is 0.164 e. The lowest BCUT2D eigenvalue weighted by molar-refractivity contribution is 0.669. The Hall–Kier alpha value is -6.65. The Labute approximate surface area is 305 Å². The second-order valence-corrected chi connectivity index (χ2v) is 10.9. The van der Waals surface area contributed by atoms with Gasteiger partial charge in [0.05, 0.1) is 20.6 Å². The maximum Gasteiger partial charge on any atom is 0.164 e. The van der Waals surface area contributed by atoms with Crippen LogP contribution in [-0.4, -0.2) is 15.0 Å². The van der Waals surface area contributed by atoms with Crippen molar-refractivity contribution in [1.29, 1.82) is 0 Å². The summed E-state index contributed by atoms with van der Waals surface area (Å²) < 4.78 is 139. The molecule has 0 N–H and O–H groups in total. The van der Waals surface area contributed by atoms with Gasteiger partial charge in [0.2, 0.25) is 0 Å². The molecule has 2 heterocycles. The zero-order chi connectivity index (χ0) is 45.6. The summed E-state index contributed by atoms with van der Waals surface area (Å²) in [5, 5.41) is -0.524. The van der Waals surface area contributed by atoms with Crippen LogP contribution in [0.2, 0.25) is 0 Å². The second-order valence-electron chi connectivity index (χ2n) is 10.9. The summed E-state index contributed by atoms with van der Waals surface area (Å²) in [5.74, 6) is 0.143. The highest BCUT2D eigenvalue weighted by Crippen LogP contribution is 2.34. The number of benzene rings is 7. The van der Waals surface area contributed by atoms with Crippen molar-refractivity contribution in [2.75, 3.05) is 0 Å². The van der Waals surface area contributed by atoms with Crippen LogP contribution in [0.15, 0.2) is 180 Å². The van der Waals surface area contributed by atoms with E-state index in [1.807, 2.05) is 60.7 Å². The first kappa shape index (κ1) is 17.0. The summed E-state index contributed by atoms with van der Waals surface area (Å²) in [6.07, 6.45) is 0. The zero-order valence-corrected chi connectivity index (χ0v) is 25.3. The predicted molar refractivity (Wildman–Crippen MR) is 200 cm³/mol. The Balaban J connectivity index is 1.25. The van der Waals surface area contributed by atoms with Gasteiger partial charge in [0.15, 0.2) is 17.5 Å². The van der Waals surface area contributed by atoms with Gasteiger partial charge in [0.25, 0.3) is 0 Å². The fourth-order valence-corrected chi connectivity index (χ4v) is 5.34. The molecule has 0 aliphatic heterocycles. The van der Waals surface area contributed by atoms with Crippen LogP contribution in [0.25, 0.3) is 89.5 Å². The summed E-state index contributed by atoms with van der Waals surface area (Å²) in [5.41, 5.74) is -0.497. The second kappa shape index (κ2) is 12.2. The highest BCUT2D eigenvalue weighted by Gasteiger charge is 2.14. The molecule has 0 aliphatic carbocycles. The number of nitrogens with zero attached hydrogens (tertiary/aromatic N) is 3. The fraction of sp³-hybridized carbons (Fsp3) is 0. The summed E-state index contributed by atoms with van der Waals surface area (Å²) in [6, 6.07) is 15.4. The summed E-state index contributed by atoms with van der Waals surface area (Å²) in [7, 11) is 0. The molecule has 9 aromatic rings. The van der Waals surface area contributed by atoms with E-state index in [0.717, 1.165) is 11.1 Å². The van der Waals surface area contributed by atoms with Crippen molar-refractivity contribution in [3.63, 3.8) is 0 Å². The zero-order valence-electron chi connectivity index (χ0n) is 40.3. The van der Waals surface area contributed by atoms with Gasteiger partial charge in [-0.15, -0.1) is 0 Å². The minimum Gasteiger partial charge on any atom is -0.456 e. The quantitative estimate of drug-likeness (QED) is 0.181. The third kappa shape index (κ3) is 5.56. The average molecular weight is 643 g/mol. The van der Waals surface area contributed by atoms with Crippen molar-refractivity contribution in [2.24, 2.45) is 0 Å². The van der Waals surface area contributed by atoms with Crippen molar-refractivity contribution in [2.45, 2.75) is 0 Å². The standard InChI is InChI=1S/C45H29N3O/c1-3-10-30(11-4-1)31-18-22-34(23-19-31)44-46-43(33-12-5-2-6-13-33)47-45(48-44)35-24-20-32(21-25-35)36-14-9-15-37(28-36)38-26-27-40-39-16-7-8-17-41(39)49-42(40)29-38/h1-29H/i7D,8D,9D,14D,15D,16D,17D,20D,21D,24D,25D,26D,27D,28D,29D. The maximum atomic E-state index is 9.36. The van der Waals surface area contributed by atoms with E-state index in [1.54, 1.807) is 24.3 Å². The maximum absolute atomic E-state index is 9.36. The number of para-hydroxylation sites is 1. The van der Waals surface area contributed by atoms with Gasteiger partial charge in [-0.3, -0.25) is 0 Å². The Kier molecular flexibility index (Phi) is 4.21. The van der Waals surface area contributed by atoms with E-state index in [2.05, 4.69) is 9.97 Å². The molecule has 49 heavy (non-hydrogen) atoms. The van der Waals surface area contributed by atoms with E-state index in [0.29, 0.717) is 11.1 Å². The lowest BCUT2D eigenvalue weighted by Crippen LogP contribution is -2.00. The lowest BCUT2D eigenvalue weighted by atomic mass is 9.97. The molecule has 0 saturated carbocycles. The highest BCUT2D eigenvalue weighted by atomic mass is 16.3. The molecule has 0 aliphatic rings. The van der Waals surface area contributed by atoms with Crippen LogP contribution in [0.1, 0.15) is 20.6 Å². The van der Waals surface area contributed by atoms with Crippen molar-refractivity contribution >= 4 is 21.9 Å². The minimum absolute atomic E-state index is 0.173. The molecule has 4 nitrogen and oxygen atoms in total. The molecule has 0 unspecified atom stereocenters. The van der Waals surface area contributed by atoms with E-state index in [4.69, 9.17) is 23.1 Å². The lowest BCUT2D eigenvalue weighted by Gasteiger charge is -2.10. The van der Waals surface area contributed by atoms with E-state index in [1.165, 1.54) is 0 Å². The van der Waals surface area contributed by atoms with Crippen LogP contribution in [0.4, 0.5) is 0 Å². The summed E-state index contributed by atoms with van der Waals surface area (Å²) in [6.45, 7) is 0. The number of rotatable bonds is 6. The van der Waals surface area contributed by atoms with Gasteiger partial charge in [-0.25, -0.2) is 15.0 Å². The molecule has 7 aromatic carbocycles. The molecular weight excluding hydrogens is 599 g/mol. The van der Waals surface area contributed by atoms with Crippen molar-refractivity contribution in [3.05, 3.63) is 176 Å². The normalized spacial score (nSPS) is 15.6. The van der Waals surface area contributed by atoms with Crippen molar-refractivity contribution in [1.82, 2.24) is 15.0 Å². The van der Waals surface area contributed by atoms with Gasteiger partial charge in [-0.2, -0.15) is 0 Å². The number of fused-ring (bicyclic) bond motifs is 3. The first-order chi connectivity index (χ1) is 30.5. The molecule has 2 aromatic heterocycles. The third-order valence-corrected chi connectivity index (χ3v) is 7.78. The molecule has 4 heteroatoms. The molecule has 0 amide bonds. The number of aromatic nitrogens is 3. The minimum atomic E-state index is -0.843. The third-order valence-electron chi connectivity index (χ3n) is 7.78. The van der Waals surface area contributed by atoms with Crippen LogP contribution >= 0.6 is 0 Å². The molecule has 9 rings (SSSR count). The summed E-state index contributed by atoms with van der Waals surface area (Å²) in [4.78, 5) is 14.0. The average Bonchev–Trinajstić information content (AvgIpc) is 3.72. The van der Waals surface area contributed by atoms with Crippen LogP contribution in [0, 0.1) is 0 Å².